The lowest BCUT2D eigenvalue weighted by molar-refractivity contribution is -0.0145. The minimum atomic E-state index is 0.0678. The second-order valence-corrected chi connectivity index (χ2v) is 6.69. The van der Waals surface area contributed by atoms with Gasteiger partial charge in [0.2, 0.25) is 0 Å². The van der Waals surface area contributed by atoms with Crippen LogP contribution in [0.4, 0.5) is 5.69 Å². The Morgan fingerprint density at radius 1 is 1.29 bits per heavy atom. The quantitative estimate of drug-likeness (QED) is 0.811. The number of ether oxygens (including phenoxy) is 2. The van der Waals surface area contributed by atoms with Gasteiger partial charge in [0, 0.05) is 31.3 Å². The highest BCUT2D eigenvalue weighted by molar-refractivity contribution is 6.01. The molecule has 2 aliphatic rings. The second-order valence-electron chi connectivity index (χ2n) is 6.69. The molecule has 0 saturated carbocycles. The molecule has 1 aromatic heterocycles. The fourth-order valence-electron chi connectivity index (χ4n) is 4.03. The summed E-state index contributed by atoms with van der Waals surface area (Å²) in [6.45, 7) is 2.68. The molecule has 3 heterocycles. The summed E-state index contributed by atoms with van der Waals surface area (Å²) in [5.41, 5.74) is 2.56. The van der Waals surface area contributed by atoms with E-state index < -0.39 is 0 Å². The van der Waals surface area contributed by atoms with Gasteiger partial charge in [-0.25, -0.2) is 0 Å². The Balaban J connectivity index is 1.73. The molecule has 24 heavy (non-hydrogen) atoms. The first-order valence-electron chi connectivity index (χ1n) is 8.55. The first-order chi connectivity index (χ1) is 11.7. The SMILES string of the molecule is COc1ccc2ncc(C=O)c(N3CCC4(CCCO4)CC3)c2c1. The van der Waals surface area contributed by atoms with Crippen molar-refractivity contribution in [2.75, 3.05) is 31.7 Å². The Bertz CT molecular complexity index is 759. The molecule has 1 aromatic carbocycles. The number of fused-ring (bicyclic) bond motifs is 1. The maximum absolute atomic E-state index is 11.6. The lowest BCUT2D eigenvalue weighted by atomic mass is 9.88. The normalized spacial score (nSPS) is 19.8. The highest BCUT2D eigenvalue weighted by Crippen LogP contribution is 2.39. The monoisotopic (exact) mass is 326 g/mol. The molecule has 0 unspecified atom stereocenters. The topological polar surface area (TPSA) is 51.7 Å². The Morgan fingerprint density at radius 3 is 2.79 bits per heavy atom. The van der Waals surface area contributed by atoms with E-state index in [1.807, 2.05) is 18.2 Å². The Kier molecular flexibility index (Phi) is 3.88. The van der Waals surface area contributed by atoms with Gasteiger partial charge >= 0.3 is 0 Å². The van der Waals surface area contributed by atoms with E-state index in [1.165, 1.54) is 0 Å². The van der Waals surface area contributed by atoms with E-state index in [-0.39, 0.29) is 5.60 Å². The van der Waals surface area contributed by atoms with Crippen LogP contribution in [0.2, 0.25) is 0 Å². The third-order valence-electron chi connectivity index (χ3n) is 5.38. The fraction of sp³-hybridized carbons (Fsp3) is 0.474. The number of carbonyl (C=O) groups excluding carboxylic acids is 1. The highest BCUT2D eigenvalue weighted by atomic mass is 16.5. The van der Waals surface area contributed by atoms with Gasteiger partial charge in [0.05, 0.1) is 29.5 Å². The molecule has 2 aliphatic heterocycles. The van der Waals surface area contributed by atoms with E-state index in [9.17, 15) is 4.79 Å². The summed E-state index contributed by atoms with van der Waals surface area (Å²) < 4.78 is 11.4. The third-order valence-corrected chi connectivity index (χ3v) is 5.38. The minimum absolute atomic E-state index is 0.0678. The fourth-order valence-corrected chi connectivity index (χ4v) is 4.03. The number of methoxy groups -OCH3 is 1. The summed E-state index contributed by atoms with van der Waals surface area (Å²) in [4.78, 5) is 18.3. The van der Waals surface area contributed by atoms with Crippen LogP contribution >= 0.6 is 0 Å². The number of anilines is 1. The van der Waals surface area contributed by atoms with Gasteiger partial charge in [-0.3, -0.25) is 9.78 Å². The second kappa shape index (κ2) is 6.06. The molecule has 0 aliphatic carbocycles. The number of hydrogen-bond acceptors (Lipinski definition) is 5. The van der Waals surface area contributed by atoms with E-state index in [0.29, 0.717) is 5.56 Å². The molecule has 0 atom stereocenters. The van der Waals surface area contributed by atoms with Gasteiger partial charge in [0.25, 0.3) is 0 Å². The van der Waals surface area contributed by atoms with Crippen LogP contribution in [-0.2, 0) is 4.74 Å². The van der Waals surface area contributed by atoms with Crippen molar-refractivity contribution in [1.82, 2.24) is 4.98 Å². The van der Waals surface area contributed by atoms with Gasteiger partial charge < -0.3 is 14.4 Å². The Hall–Kier alpha value is -2.14. The highest BCUT2D eigenvalue weighted by Gasteiger charge is 2.38. The molecule has 0 radical (unpaired) electrons. The van der Waals surface area contributed by atoms with Gasteiger partial charge in [-0.1, -0.05) is 0 Å². The van der Waals surface area contributed by atoms with E-state index in [4.69, 9.17) is 9.47 Å². The molecule has 5 nitrogen and oxygen atoms in total. The molecule has 2 aromatic rings. The average Bonchev–Trinajstić information content (AvgIpc) is 3.09. The number of nitrogens with zero attached hydrogens (tertiary/aromatic N) is 2. The van der Waals surface area contributed by atoms with Crippen LogP contribution in [0, 0.1) is 0 Å². The zero-order valence-corrected chi connectivity index (χ0v) is 14.0. The first kappa shape index (κ1) is 15.4. The molecule has 0 N–H and O–H groups in total. The number of hydrogen-bond donors (Lipinski definition) is 0. The summed E-state index contributed by atoms with van der Waals surface area (Å²) in [7, 11) is 1.65. The van der Waals surface area contributed by atoms with E-state index in [2.05, 4.69) is 9.88 Å². The largest absolute Gasteiger partial charge is 0.497 e. The Morgan fingerprint density at radius 2 is 2.12 bits per heavy atom. The van der Waals surface area contributed by atoms with E-state index >= 15 is 0 Å². The molecule has 0 amide bonds. The summed E-state index contributed by atoms with van der Waals surface area (Å²) in [6.07, 6.45) is 6.92. The number of rotatable bonds is 3. The lowest BCUT2D eigenvalue weighted by Gasteiger charge is -2.40. The van der Waals surface area contributed by atoms with Crippen molar-refractivity contribution < 1.29 is 14.3 Å². The summed E-state index contributed by atoms with van der Waals surface area (Å²) >= 11 is 0. The summed E-state index contributed by atoms with van der Waals surface area (Å²) in [6, 6.07) is 5.82. The van der Waals surface area contributed by atoms with Crippen molar-refractivity contribution in [3.05, 3.63) is 30.0 Å². The van der Waals surface area contributed by atoms with Gasteiger partial charge in [-0.15, -0.1) is 0 Å². The Labute approximate surface area is 141 Å². The molecular formula is C19H22N2O3. The third kappa shape index (κ3) is 2.53. The maximum Gasteiger partial charge on any atom is 0.153 e. The van der Waals surface area contributed by atoms with E-state index in [1.54, 1.807) is 13.3 Å². The van der Waals surface area contributed by atoms with E-state index in [0.717, 1.165) is 74.0 Å². The van der Waals surface area contributed by atoms with Crippen molar-refractivity contribution >= 4 is 22.9 Å². The van der Waals surface area contributed by atoms with Crippen LogP contribution in [0.5, 0.6) is 5.75 Å². The number of pyridine rings is 1. The standard InChI is InChI=1S/C19H22N2O3/c1-23-15-3-4-17-16(11-15)18(14(13-22)12-20-17)21-8-6-19(7-9-21)5-2-10-24-19/h3-4,11-13H,2,5-10H2,1H3. The van der Waals surface area contributed by atoms with Crippen LogP contribution in [0.1, 0.15) is 36.0 Å². The molecular weight excluding hydrogens is 304 g/mol. The zero-order chi connectivity index (χ0) is 16.6. The molecule has 0 bridgehead atoms. The van der Waals surface area contributed by atoms with Crippen LogP contribution in [0.25, 0.3) is 10.9 Å². The summed E-state index contributed by atoms with van der Waals surface area (Å²) in [5.74, 6) is 0.779. The van der Waals surface area contributed by atoms with Gasteiger partial charge in [0.1, 0.15) is 5.75 Å². The first-order valence-corrected chi connectivity index (χ1v) is 8.55. The van der Waals surface area contributed by atoms with Crippen LogP contribution in [0.15, 0.2) is 24.4 Å². The smallest absolute Gasteiger partial charge is 0.153 e. The lowest BCUT2D eigenvalue weighted by Crippen LogP contribution is -2.44. The van der Waals surface area contributed by atoms with Crippen molar-refractivity contribution in [1.29, 1.82) is 0 Å². The molecule has 1 spiro atoms. The molecule has 2 saturated heterocycles. The van der Waals surface area contributed by atoms with Crippen molar-refractivity contribution in [3.63, 3.8) is 0 Å². The predicted molar refractivity (Wildman–Crippen MR) is 93.0 cm³/mol. The van der Waals surface area contributed by atoms with Crippen molar-refractivity contribution in [2.45, 2.75) is 31.3 Å². The molecule has 4 rings (SSSR count). The van der Waals surface area contributed by atoms with Crippen LogP contribution < -0.4 is 9.64 Å². The number of benzene rings is 1. The maximum atomic E-state index is 11.6. The number of aldehydes is 1. The average molecular weight is 326 g/mol. The number of aromatic nitrogens is 1. The van der Waals surface area contributed by atoms with Crippen molar-refractivity contribution in [3.8, 4) is 5.75 Å². The number of piperidine rings is 1. The van der Waals surface area contributed by atoms with Gasteiger partial charge in [0.15, 0.2) is 6.29 Å². The van der Waals surface area contributed by atoms with Crippen LogP contribution in [0.3, 0.4) is 0 Å². The zero-order valence-electron chi connectivity index (χ0n) is 14.0. The predicted octanol–water partition coefficient (Wildman–Crippen LogP) is 3.21. The van der Waals surface area contributed by atoms with Crippen molar-refractivity contribution in [2.24, 2.45) is 0 Å². The summed E-state index contributed by atoms with van der Waals surface area (Å²) in [5, 5.41) is 0.974. The molecule has 5 heteroatoms. The van der Waals surface area contributed by atoms with Gasteiger partial charge in [-0.2, -0.15) is 0 Å². The van der Waals surface area contributed by atoms with Crippen LogP contribution in [-0.4, -0.2) is 43.7 Å². The van der Waals surface area contributed by atoms with Gasteiger partial charge in [-0.05, 0) is 43.9 Å². The molecule has 126 valence electrons. The molecule has 2 fully saturated rings. The number of carbonyl (C=O) groups is 1. The minimum Gasteiger partial charge on any atom is -0.497 e.